The summed E-state index contributed by atoms with van der Waals surface area (Å²) in [4.78, 5) is 8.00. The molecule has 0 aliphatic heterocycles. The van der Waals surface area contributed by atoms with Crippen molar-refractivity contribution in [1.29, 1.82) is 0 Å². The van der Waals surface area contributed by atoms with E-state index >= 15 is 0 Å². The third kappa shape index (κ3) is 4.28. The molecule has 0 spiro atoms. The number of hydrogen-bond acceptors (Lipinski definition) is 2. The molecule has 2 nitrogen and oxygen atoms in total. The number of ether oxygens (including phenoxy) is 1. The number of benzene rings is 1. The van der Waals surface area contributed by atoms with Crippen LogP contribution < -0.4 is 4.74 Å². The molecule has 0 heterocycles. The Balaban J connectivity index is 0.000000561. The van der Waals surface area contributed by atoms with Gasteiger partial charge in [0.1, 0.15) is 19.1 Å². The van der Waals surface area contributed by atoms with Crippen LogP contribution >= 0.6 is 0 Å². The van der Waals surface area contributed by atoms with Gasteiger partial charge in [0.2, 0.25) is 0 Å². The summed E-state index contributed by atoms with van der Waals surface area (Å²) >= 11 is 0. The normalized spacial score (nSPS) is 7.67. The van der Waals surface area contributed by atoms with Crippen molar-refractivity contribution >= 4 is 6.79 Å². The predicted octanol–water partition coefficient (Wildman–Crippen LogP) is 2.07. The second kappa shape index (κ2) is 7.54. The van der Waals surface area contributed by atoms with Gasteiger partial charge in [-0.15, -0.1) is 0 Å². The van der Waals surface area contributed by atoms with E-state index in [2.05, 4.69) is 6.58 Å². The molecule has 0 N–H and O–H groups in total. The number of para-hydroxylation sites is 1. The number of carbonyl (C=O) groups excluding carboxylic acids is 1. The summed E-state index contributed by atoms with van der Waals surface area (Å²) in [6.07, 6.45) is 1.73. The molecular weight excluding hydrogens is 152 g/mol. The zero-order chi connectivity index (χ0) is 9.23. The average Bonchev–Trinajstić information content (AvgIpc) is 2.19. The lowest BCUT2D eigenvalue weighted by Gasteiger charge is -1.99. The maximum Gasteiger partial charge on any atom is 0.119 e. The Bertz CT molecular complexity index is 206. The molecule has 0 saturated carbocycles. The molecule has 0 aromatic heterocycles. The summed E-state index contributed by atoms with van der Waals surface area (Å²) in [5.41, 5.74) is 0. The van der Waals surface area contributed by atoms with Gasteiger partial charge in [0.25, 0.3) is 0 Å². The molecule has 12 heavy (non-hydrogen) atoms. The summed E-state index contributed by atoms with van der Waals surface area (Å²) in [7, 11) is 0. The molecule has 0 bridgehead atoms. The third-order valence-electron chi connectivity index (χ3n) is 1.11. The fraction of sp³-hybridized carbons (Fsp3) is 0.100. The predicted molar refractivity (Wildman–Crippen MR) is 49.3 cm³/mol. The van der Waals surface area contributed by atoms with Crippen molar-refractivity contribution in [2.75, 3.05) is 6.61 Å². The van der Waals surface area contributed by atoms with Gasteiger partial charge in [0.15, 0.2) is 0 Å². The lowest BCUT2D eigenvalue weighted by Crippen LogP contribution is -1.91. The van der Waals surface area contributed by atoms with Crippen LogP contribution in [0.15, 0.2) is 43.0 Å². The highest BCUT2D eigenvalue weighted by atomic mass is 16.5. The molecule has 1 aromatic rings. The molecule has 0 radical (unpaired) electrons. The summed E-state index contributed by atoms with van der Waals surface area (Å²) in [6, 6.07) is 9.69. The van der Waals surface area contributed by atoms with Gasteiger partial charge in [-0.3, -0.25) is 0 Å². The van der Waals surface area contributed by atoms with Crippen LogP contribution in [0.5, 0.6) is 5.75 Å². The van der Waals surface area contributed by atoms with Crippen LogP contribution in [0.4, 0.5) is 0 Å². The van der Waals surface area contributed by atoms with Crippen molar-refractivity contribution in [3.63, 3.8) is 0 Å². The Morgan fingerprint density at radius 2 is 1.83 bits per heavy atom. The van der Waals surface area contributed by atoms with E-state index in [1.807, 2.05) is 37.1 Å². The maximum absolute atomic E-state index is 8.00. The van der Waals surface area contributed by atoms with Gasteiger partial charge in [0, 0.05) is 0 Å². The highest BCUT2D eigenvalue weighted by molar-refractivity contribution is 5.21. The molecule has 0 fully saturated rings. The molecule has 0 aliphatic rings. The Morgan fingerprint density at radius 3 is 2.33 bits per heavy atom. The molecule has 1 rings (SSSR count). The van der Waals surface area contributed by atoms with Crippen LogP contribution in [-0.4, -0.2) is 13.4 Å². The van der Waals surface area contributed by atoms with Crippen molar-refractivity contribution in [2.45, 2.75) is 0 Å². The van der Waals surface area contributed by atoms with E-state index in [9.17, 15) is 0 Å². The van der Waals surface area contributed by atoms with Crippen molar-refractivity contribution in [1.82, 2.24) is 0 Å². The highest BCUT2D eigenvalue weighted by Crippen LogP contribution is 2.07. The first-order chi connectivity index (χ1) is 5.93. The topological polar surface area (TPSA) is 26.3 Å². The number of rotatable bonds is 3. The molecule has 0 saturated heterocycles. The highest BCUT2D eigenvalue weighted by Gasteiger charge is 1.84. The van der Waals surface area contributed by atoms with E-state index in [4.69, 9.17) is 9.53 Å². The Hall–Kier alpha value is -1.57. The smallest absolute Gasteiger partial charge is 0.119 e. The lowest BCUT2D eigenvalue weighted by atomic mass is 10.3. The minimum absolute atomic E-state index is 0.573. The first-order valence-electron chi connectivity index (χ1n) is 3.51. The van der Waals surface area contributed by atoms with E-state index < -0.39 is 0 Å². The average molecular weight is 164 g/mol. The van der Waals surface area contributed by atoms with Crippen molar-refractivity contribution < 1.29 is 9.53 Å². The Labute approximate surface area is 72.5 Å². The van der Waals surface area contributed by atoms with Gasteiger partial charge in [0.05, 0.1) is 0 Å². The van der Waals surface area contributed by atoms with E-state index in [1.54, 1.807) is 6.08 Å². The first kappa shape index (κ1) is 10.4. The van der Waals surface area contributed by atoms with Gasteiger partial charge in [-0.05, 0) is 12.1 Å². The first-order valence-corrected chi connectivity index (χ1v) is 3.51. The van der Waals surface area contributed by atoms with Crippen LogP contribution in [0.3, 0.4) is 0 Å². The largest absolute Gasteiger partial charge is 0.490 e. The fourth-order valence-corrected chi connectivity index (χ4v) is 0.672. The van der Waals surface area contributed by atoms with Crippen molar-refractivity contribution in [3.8, 4) is 5.75 Å². The maximum atomic E-state index is 8.00. The van der Waals surface area contributed by atoms with E-state index in [1.165, 1.54) is 0 Å². The minimum atomic E-state index is 0.573. The van der Waals surface area contributed by atoms with Crippen LogP contribution in [0.2, 0.25) is 0 Å². The van der Waals surface area contributed by atoms with Crippen molar-refractivity contribution in [2.24, 2.45) is 0 Å². The standard InChI is InChI=1S/C9H10O.CH2O/c1-2-8-10-9-6-4-3-5-7-9;1-2/h2-7H,1,8H2;1H2. The van der Waals surface area contributed by atoms with E-state index in [-0.39, 0.29) is 0 Å². The summed E-state index contributed by atoms with van der Waals surface area (Å²) in [6.45, 7) is 6.12. The van der Waals surface area contributed by atoms with Crippen LogP contribution in [0.1, 0.15) is 0 Å². The zero-order valence-corrected chi connectivity index (χ0v) is 6.90. The molecule has 2 heteroatoms. The molecular formula is C10H12O2. The van der Waals surface area contributed by atoms with E-state index in [0.29, 0.717) is 6.61 Å². The second-order valence-electron chi connectivity index (χ2n) is 1.91. The van der Waals surface area contributed by atoms with Gasteiger partial charge < -0.3 is 9.53 Å². The fourth-order valence-electron chi connectivity index (χ4n) is 0.672. The number of carbonyl (C=O) groups is 1. The Morgan fingerprint density at radius 1 is 1.25 bits per heavy atom. The quantitative estimate of drug-likeness (QED) is 0.639. The molecule has 0 unspecified atom stereocenters. The lowest BCUT2D eigenvalue weighted by molar-refractivity contribution is -0.0979. The second-order valence-corrected chi connectivity index (χ2v) is 1.91. The van der Waals surface area contributed by atoms with Crippen LogP contribution in [-0.2, 0) is 4.79 Å². The van der Waals surface area contributed by atoms with Crippen molar-refractivity contribution in [3.05, 3.63) is 43.0 Å². The molecule has 0 atom stereocenters. The van der Waals surface area contributed by atoms with Crippen LogP contribution in [0, 0.1) is 0 Å². The Kier molecular flexibility index (Phi) is 6.55. The molecule has 0 aliphatic carbocycles. The zero-order valence-electron chi connectivity index (χ0n) is 6.90. The van der Waals surface area contributed by atoms with Gasteiger partial charge in [-0.25, -0.2) is 0 Å². The summed E-state index contributed by atoms with van der Waals surface area (Å²) in [5, 5.41) is 0. The summed E-state index contributed by atoms with van der Waals surface area (Å²) in [5.74, 6) is 0.891. The van der Waals surface area contributed by atoms with Gasteiger partial charge >= 0.3 is 0 Å². The molecule has 0 amide bonds. The van der Waals surface area contributed by atoms with E-state index in [0.717, 1.165) is 5.75 Å². The van der Waals surface area contributed by atoms with Gasteiger partial charge in [-0.1, -0.05) is 30.9 Å². The monoisotopic (exact) mass is 164 g/mol. The number of hydrogen-bond donors (Lipinski definition) is 0. The third-order valence-corrected chi connectivity index (χ3v) is 1.11. The molecule has 1 aromatic carbocycles. The summed E-state index contributed by atoms with van der Waals surface area (Å²) < 4.78 is 5.24. The van der Waals surface area contributed by atoms with Gasteiger partial charge in [-0.2, -0.15) is 0 Å². The SMILES string of the molecule is C=CCOc1ccccc1.C=O. The molecule has 64 valence electrons. The minimum Gasteiger partial charge on any atom is -0.490 e. The van der Waals surface area contributed by atoms with Crippen LogP contribution in [0.25, 0.3) is 0 Å².